The van der Waals surface area contributed by atoms with Crippen molar-refractivity contribution in [3.05, 3.63) is 45.9 Å². The van der Waals surface area contributed by atoms with Crippen molar-refractivity contribution in [1.82, 2.24) is 9.88 Å². The summed E-state index contributed by atoms with van der Waals surface area (Å²) in [6, 6.07) is 8.28. The van der Waals surface area contributed by atoms with Crippen LogP contribution in [0.2, 0.25) is 5.02 Å². The number of hydrogen-bond acceptors (Lipinski definition) is 4. The van der Waals surface area contributed by atoms with Gasteiger partial charge >= 0.3 is 0 Å². The predicted molar refractivity (Wildman–Crippen MR) is 85.2 cm³/mol. The maximum atomic E-state index is 5.96. The number of halogens is 1. The van der Waals surface area contributed by atoms with Gasteiger partial charge < -0.3 is 5.73 Å². The lowest BCUT2D eigenvalue weighted by molar-refractivity contribution is 0.201. The van der Waals surface area contributed by atoms with Crippen LogP contribution in [0.25, 0.3) is 0 Å². The maximum Gasteiger partial charge on any atom is 0.180 e. The third kappa shape index (κ3) is 3.32. The van der Waals surface area contributed by atoms with Gasteiger partial charge in [0.2, 0.25) is 0 Å². The van der Waals surface area contributed by atoms with Crippen LogP contribution in [0.3, 0.4) is 0 Å². The number of benzene rings is 1. The van der Waals surface area contributed by atoms with E-state index in [0.717, 1.165) is 24.7 Å². The summed E-state index contributed by atoms with van der Waals surface area (Å²) in [5, 5.41) is 1.47. The van der Waals surface area contributed by atoms with E-state index in [1.807, 2.05) is 18.3 Å². The van der Waals surface area contributed by atoms with Gasteiger partial charge in [-0.3, -0.25) is 4.90 Å². The zero-order valence-electron chi connectivity index (χ0n) is 11.3. The van der Waals surface area contributed by atoms with E-state index < -0.39 is 0 Å². The minimum absolute atomic E-state index is 0.603. The summed E-state index contributed by atoms with van der Waals surface area (Å²) < 4.78 is 0. The molecule has 2 heterocycles. The molecule has 1 aliphatic heterocycles. The first-order chi connectivity index (χ1) is 9.70. The first kappa shape index (κ1) is 13.9. The van der Waals surface area contributed by atoms with Crippen LogP contribution in [0.15, 0.2) is 30.5 Å². The third-order valence-electron chi connectivity index (χ3n) is 3.80. The SMILES string of the molecule is Nc1ncc(CN2CCCC(c3ccc(Cl)cc3)C2)s1. The van der Waals surface area contributed by atoms with E-state index in [0.29, 0.717) is 11.0 Å². The van der Waals surface area contributed by atoms with Crippen LogP contribution >= 0.6 is 22.9 Å². The van der Waals surface area contributed by atoms with E-state index in [2.05, 4.69) is 22.0 Å². The molecule has 2 aromatic rings. The minimum atomic E-state index is 0.603. The summed E-state index contributed by atoms with van der Waals surface area (Å²) >= 11 is 7.55. The molecule has 1 saturated heterocycles. The Morgan fingerprint density at radius 3 is 2.85 bits per heavy atom. The highest BCUT2D eigenvalue weighted by molar-refractivity contribution is 7.15. The Morgan fingerprint density at radius 1 is 1.35 bits per heavy atom. The Bertz CT molecular complexity index is 567. The standard InChI is InChI=1S/C15H18ClN3S/c16-13-5-3-11(4-6-13)12-2-1-7-19(9-12)10-14-8-18-15(17)20-14/h3-6,8,12H,1-2,7,9-10H2,(H2,17,18). The zero-order chi connectivity index (χ0) is 13.9. The molecule has 5 heteroatoms. The highest BCUT2D eigenvalue weighted by Gasteiger charge is 2.21. The molecule has 2 N–H and O–H groups in total. The summed E-state index contributed by atoms with van der Waals surface area (Å²) in [5.41, 5.74) is 7.08. The van der Waals surface area contributed by atoms with Gasteiger partial charge in [-0.15, -0.1) is 11.3 Å². The molecule has 106 valence electrons. The number of aromatic nitrogens is 1. The van der Waals surface area contributed by atoms with Crippen LogP contribution in [0.5, 0.6) is 0 Å². The van der Waals surface area contributed by atoms with Crippen molar-refractivity contribution in [2.45, 2.75) is 25.3 Å². The molecule has 1 unspecified atom stereocenters. The topological polar surface area (TPSA) is 42.1 Å². The molecule has 0 aliphatic carbocycles. The van der Waals surface area contributed by atoms with Crippen molar-refractivity contribution >= 4 is 28.1 Å². The number of thiazole rings is 1. The predicted octanol–water partition coefficient (Wildman–Crippen LogP) is 3.76. The van der Waals surface area contributed by atoms with Crippen molar-refractivity contribution in [3.8, 4) is 0 Å². The van der Waals surface area contributed by atoms with Crippen LogP contribution in [0.4, 0.5) is 5.13 Å². The fraction of sp³-hybridized carbons (Fsp3) is 0.400. The van der Waals surface area contributed by atoms with Crippen molar-refractivity contribution in [3.63, 3.8) is 0 Å². The van der Waals surface area contributed by atoms with Crippen molar-refractivity contribution < 1.29 is 0 Å². The molecule has 1 fully saturated rings. The van der Waals surface area contributed by atoms with Crippen LogP contribution < -0.4 is 5.73 Å². The van der Waals surface area contributed by atoms with Crippen LogP contribution in [-0.2, 0) is 6.54 Å². The second kappa shape index (κ2) is 6.12. The average molecular weight is 308 g/mol. The van der Waals surface area contributed by atoms with E-state index in [-0.39, 0.29) is 0 Å². The van der Waals surface area contributed by atoms with E-state index >= 15 is 0 Å². The Balaban J connectivity index is 1.65. The Kier molecular flexibility index (Phi) is 4.24. The number of anilines is 1. The molecule has 3 rings (SSSR count). The van der Waals surface area contributed by atoms with Gasteiger partial charge in [0.05, 0.1) is 0 Å². The van der Waals surface area contributed by atoms with Gasteiger partial charge in [-0.1, -0.05) is 23.7 Å². The Labute approximate surface area is 128 Å². The molecule has 0 spiro atoms. The lowest BCUT2D eigenvalue weighted by atomic mass is 9.91. The molecular formula is C15H18ClN3S. The lowest BCUT2D eigenvalue weighted by Crippen LogP contribution is -2.33. The normalized spacial score (nSPS) is 20.1. The molecule has 20 heavy (non-hydrogen) atoms. The number of piperidine rings is 1. The minimum Gasteiger partial charge on any atom is -0.375 e. The molecule has 1 aromatic heterocycles. The Morgan fingerprint density at radius 2 is 2.15 bits per heavy atom. The Hall–Kier alpha value is -1.10. The molecule has 0 saturated carbocycles. The molecule has 3 nitrogen and oxygen atoms in total. The molecule has 1 aromatic carbocycles. The van der Waals surface area contributed by atoms with E-state index in [4.69, 9.17) is 17.3 Å². The summed E-state index contributed by atoms with van der Waals surface area (Å²) in [6.45, 7) is 3.21. The summed E-state index contributed by atoms with van der Waals surface area (Å²) in [7, 11) is 0. The monoisotopic (exact) mass is 307 g/mol. The number of nitrogens with zero attached hydrogens (tertiary/aromatic N) is 2. The number of likely N-dealkylation sites (tertiary alicyclic amines) is 1. The second-order valence-electron chi connectivity index (χ2n) is 5.29. The number of hydrogen-bond donors (Lipinski definition) is 1. The maximum absolute atomic E-state index is 5.96. The largest absolute Gasteiger partial charge is 0.375 e. The number of nitrogens with two attached hydrogens (primary N) is 1. The van der Waals surface area contributed by atoms with E-state index in [9.17, 15) is 0 Å². The summed E-state index contributed by atoms with van der Waals surface area (Å²) in [4.78, 5) is 7.87. The highest BCUT2D eigenvalue weighted by atomic mass is 35.5. The quantitative estimate of drug-likeness (QED) is 0.939. The van der Waals surface area contributed by atoms with Gasteiger partial charge in [0.25, 0.3) is 0 Å². The molecule has 0 radical (unpaired) electrons. The van der Waals surface area contributed by atoms with Gasteiger partial charge in [0.1, 0.15) is 0 Å². The lowest BCUT2D eigenvalue weighted by Gasteiger charge is -2.32. The zero-order valence-corrected chi connectivity index (χ0v) is 12.8. The van der Waals surface area contributed by atoms with E-state index in [1.165, 1.54) is 23.3 Å². The fourth-order valence-corrected chi connectivity index (χ4v) is 3.67. The smallest absolute Gasteiger partial charge is 0.180 e. The van der Waals surface area contributed by atoms with Gasteiger partial charge in [-0.2, -0.15) is 0 Å². The number of nitrogen functional groups attached to an aromatic ring is 1. The molecule has 1 aliphatic rings. The van der Waals surface area contributed by atoms with Crippen LogP contribution in [0.1, 0.15) is 29.2 Å². The van der Waals surface area contributed by atoms with Crippen molar-refractivity contribution in [1.29, 1.82) is 0 Å². The average Bonchev–Trinajstić information content (AvgIpc) is 2.85. The van der Waals surface area contributed by atoms with Gasteiger partial charge in [-0.05, 0) is 43.0 Å². The summed E-state index contributed by atoms with van der Waals surface area (Å²) in [6.07, 6.45) is 4.39. The van der Waals surface area contributed by atoms with Crippen LogP contribution in [-0.4, -0.2) is 23.0 Å². The van der Waals surface area contributed by atoms with Crippen LogP contribution in [0, 0.1) is 0 Å². The van der Waals surface area contributed by atoms with Crippen molar-refractivity contribution in [2.24, 2.45) is 0 Å². The fourth-order valence-electron chi connectivity index (χ4n) is 2.82. The van der Waals surface area contributed by atoms with Gasteiger partial charge in [0, 0.05) is 29.2 Å². The third-order valence-corrected chi connectivity index (χ3v) is 4.86. The van der Waals surface area contributed by atoms with Crippen molar-refractivity contribution in [2.75, 3.05) is 18.8 Å². The summed E-state index contributed by atoms with van der Waals surface area (Å²) in [5.74, 6) is 0.603. The first-order valence-electron chi connectivity index (χ1n) is 6.89. The molecule has 1 atom stereocenters. The van der Waals surface area contributed by atoms with E-state index in [1.54, 1.807) is 11.3 Å². The second-order valence-corrected chi connectivity index (χ2v) is 6.87. The number of rotatable bonds is 3. The molecule has 0 bridgehead atoms. The molecule has 0 amide bonds. The van der Waals surface area contributed by atoms with Gasteiger partial charge in [0.15, 0.2) is 5.13 Å². The molecular weight excluding hydrogens is 290 g/mol. The highest BCUT2D eigenvalue weighted by Crippen LogP contribution is 2.29. The van der Waals surface area contributed by atoms with Gasteiger partial charge in [-0.25, -0.2) is 4.98 Å². The first-order valence-corrected chi connectivity index (χ1v) is 8.08.